The maximum atomic E-state index is 14.8. The zero-order valence-corrected chi connectivity index (χ0v) is 25.8. The fraction of sp³-hybridized carbons (Fsp3) is 0.278. The van der Waals surface area contributed by atoms with Crippen molar-refractivity contribution in [2.24, 2.45) is 0 Å². The summed E-state index contributed by atoms with van der Waals surface area (Å²) < 4.78 is 20.8. The van der Waals surface area contributed by atoms with Crippen LogP contribution in [0.5, 0.6) is 5.75 Å². The van der Waals surface area contributed by atoms with E-state index in [0.717, 1.165) is 82.4 Å². The van der Waals surface area contributed by atoms with Gasteiger partial charge in [-0.25, -0.2) is 4.39 Å². The van der Waals surface area contributed by atoms with Crippen molar-refractivity contribution in [2.45, 2.75) is 39.0 Å². The summed E-state index contributed by atoms with van der Waals surface area (Å²) in [7, 11) is 0. The van der Waals surface area contributed by atoms with Crippen molar-refractivity contribution in [3.63, 3.8) is 0 Å². The van der Waals surface area contributed by atoms with Crippen LogP contribution in [0, 0.1) is 5.82 Å². The molecule has 0 unspecified atom stereocenters. The molecule has 1 saturated heterocycles. The third-order valence-corrected chi connectivity index (χ3v) is 8.50. The van der Waals surface area contributed by atoms with Gasteiger partial charge in [0, 0.05) is 47.1 Å². The first-order valence-corrected chi connectivity index (χ1v) is 15.9. The van der Waals surface area contributed by atoms with E-state index in [1.807, 2.05) is 42.5 Å². The van der Waals surface area contributed by atoms with Gasteiger partial charge in [-0.2, -0.15) is 5.10 Å². The number of carbonyl (C=O) groups excluding carboxylic acids is 1. The SMILES string of the molecule is CCCCC(=O)Nc1cncc(-c2cc3c(-c4cc5c(-c6cc(F)cc(OCCN7CCCC7)c6)cccc5[nH]4)n[nH]c3cn2)c1. The normalized spacial score (nSPS) is 13.5. The van der Waals surface area contributed by atoms with Crippen LogP contribution < -0.4 is 10.1 Å². The van der Waals surface area contributed by atoms with Crippen LogP contribution in [0.2, 0.25) is 0 Å². The molecule has 0 spiro atoms. The molecule has 0 radical (unpaired) electrons. The topological polar surface area (TPSA) is 112 Å². The highest BCUT2D eigenvalue weighted by atomic mass is 19.1. The van der Waals surface area contributed by atoms with Gasteiger partial charge in [0.2, 0.25) is 5.91 Å². The van der Waals surface area contributed by atoms with E-state index in [1.54, 1.807) is 24.7 Å². The summed E-state index contributed by atoms with van der Waals surface area (Å²) in [6, 6.07) is 16.8. The number of pyridine rings is 2. The standard InChI is InChI=1S/C36H36FN7O2/c1-2-3-9-35(45)40-26-15-24(20-38-21-26)32-19-30-34(22-39-32)42-43-36(30)33-18-29-28(7-6-8-31(29)41-33)23-14-25(37)17-27(16-23)46-13-12-44-10-4-5-11-44/h6-8,14-22,41H,2-5,9-13H2,1H3,(H,40,45)(H,42,43). The van der Waals surface area contributed by atoms with Gasteiger partial charge in [0.1, 0.15) is 23.9 Å². The molecule has 0 atom stereocenters. The highest BCUT2D eigenvalue weighted by Gasteiger charge is 2.17. The highest BCUT2D eigenvalue weighted by Crippen LogP contribution is 2.36. The summed E-state index contributed by atoms with van der Waals surface area (Å²) >= 11 is 0. The number of nitrogens with zero attached hydrogens (tertiary/aromatic N) is 4. The monoisotopic (exact) mass is 617 g/mol. The van der Waals surface area contributed by atoms with E-state index in [2.05, 4.69) is 42.3 Å². The lowest BCUT2D eigenvalue weighted by atomic mass is 10.0. The fourth-order valence-corrected chi connectivity index (χ4v) is 6.12. The molecular formula is C36H36FN7O2. The first kappa shape index (κ1) is 29.6. The lowest BCUT2D eigenvalue weighted by Crippen LogP contribution is -2.25. The number of unbranched alkanes of at least 4 members (excludes halogenated alkanes) is 1. The van der Waals surface area contributed by atoms with Crippen LogP contribution >= 0.6 is 0 Å². The molecule has 0 bridgehead atoms. The number of H-pyrrole nitrogens is 2. The van der Waals surface area contributed by atoms with E-state index >= 15 is 0 Å². The van der Waals surface area contributed by atoms with Gasteiger partial charge in [0.15, 0.2) is 0 Å². The Morgan fingerprint density at radius 2 is 1.89 bits per heavy atom. The molecule has 6 aromatic rings. The number of halogens is 1. The van der Waals surface area contributed by atoms with E-state index in [9.17, 15) is 9.18 Å². The molecule has 3 N–H and O–H groups in total. The number of likely N-dealkylation sites (tertiary alicyclic amines) is 1. The molecule has 1 amide bonds. The van der Waals surface area contributed by atoms with Crippen molar-refractivity contribution in [1.29, 1.82) is 0 Å². The number of anilines is 1. The summed E-state index contributed by atoms with van der Waals surface area (Å²) in [5.41, 5.74) is 7.03. The van der Waals surface area contributed by atoms with Crippen molar-refractivity contribution in [3.8, 4) is 39.5 Å². The molecule has 1 fully saturated rings. The number of carbonyl (C=O) groups is 1. The second-order valence-electron chi connectivity index (χ2n) is 11.8. The van der Waals surface area contributed by atoms with E-state index in [4.69, 9.17) is 4.74 Å². The molecule has 4 aromatic heterocycles. The summed E-state index contributed by atoms with van der Waals surface area (Å²) in [6.45, 7) is 5.63. The van der Waals surface area contributed by atoms with Crippen molar-refractivity contribution in [2.75, 3.05) is 31.6 Å². The lowest BCUT2D eigenvalue weighted by molar-refractivity contribution is -0.116. The fourth-order valence-electron chi connectivity index (χ4n) is 6.12. The average Bonchev–Trinajstić information content (AvgIpc) is 3.83. The predicted octanol–water partition coefficient (Wildman–Crippen LogP) is 7.58. The van der Waals surface area contributed by atoms with Crippen LogP contribution in [0.3, 0.4) is 0 Å². The van der Waals surface area contributed by atoms with Crippen LogP contribution in [0.4, 0.5) is 10.1 Å². The molecular weight excluding hydrogens is 581 g/mol. The first-order chi connectivity index (χ1) is 22.5. The van der Waals surface area contributed by atoms with Crippen molar-refractivity contribution in [3.05, 3.63) is 79.0 Å². The van der Waals surface area contributed by atoms with Gasteiger partial charge >= 0.3 is 0 Å². The minimum absolute atomic E-state index is 0.0287. The van der Waals surface area contributed by atoms with Crippen molar-refractivity contribution in [1.82, 2.24) is 30.0 Å². The zero-order valence-electron chi connectivity index (χ0n) is 25.8. The maximum absolute atomic E-state index is 14.8. The van der Waals surface area contributed by atoms with Crippen molar-refractivity contribution < 1.29 is 13.9 Å². The number of fused-ring (bicyclic) bond motifs is 2. The van der Waals surface area contributed by atoms with Crippen LogP contribution in [0.1, 0.15) is 39.0 Å². The molecule has 46 heavy (non-hydrogen) atoms. The van der Waals surface area contributed by atoms with Crippen LogP contribution in [0.25, 0.3) is 55.6 Å². The molecule has 0 aliphatic carbocycles. The molecule has 10 heteroatoms. The number of nitrogens with one attached hydrogen (secondary N) is 3. The zero-order chi connectivity index (χ0) is 31.5. The van der Waals surface area contributed by atoms with Gasteiger partial charge < -0.3 is 15.0 Å². The molecule has 1 aliphatic heterocycles. The number of hydrogen-bond donors (Lipinski definition) is 3. The molecule has 2 aromatic carbocycles. The first-order valence-electron chi connectivity index (χ1n) is 15.9. The summed E-state index contributed by atoms with van der Waals surface area (Å²) in [5.74, 6) is 0.164. The van der Waals surface area contributed by atoms with Gasteiger partial charge in [0.25, 0.3) is 0 Å². The van der Waals surface area contributed by atoms with Gasteiger partial charge in [0.05, 0.1) is 35.0 Å². The van der Waals surface area contributed by atoms with Gasteiger partial charge in [-0.05, 0) is 79.9 Å². The molecule has 5 heterocycles. The Balaban J connectivity index is 1.17. The number of amides is 1. The minimum atomic E-state index is -0.334. The second kappa shape index (κ2) is 13.1. The number of benzene rings is 2. The predicted molar refractivity (Wildman–Crippen MR) is 179 cm³/mol. The molecule has 234 valence electrons. The van der Waals surface area contributed by atoms with Crippen LogP contribution in [-0.4, -0.2) is 62.2 Å². The summed E-state index contributed by atoms with van der Waals surface area (Å²) in [5, 5.41) is 12.5. The molecule has 1 aliphatic rings. The Morgan fingerprint density at radius 3 is 2.76 bits per heavy atom. The number of ether oxygens (including phenoxy) is 1. The Labute approximate surface area is 266 Å². The van der Waals surface area contributed by atoms with Gasteiger partial charge in [-0.3, -0.25) is 24.8 Å². The Hall–Kier alpha value is -5.09. The summed E-state index contributed by atoms with van der Waals surface area (Å²) in [6.07, 6.45) is 9.84. The number of aromatic nitrogens is 5. The van der Waals surface area contributed by atoms with E-state index in [-0.39, 0.29) is 11.7 Å². The number of rotatable bonds is 11. The largest absolute Gasteiger partial charge is 0.492 e. The second-order valence-corrected chi connectivity index (χ2v) is 11.8. The van der Waals surface area contributed by atoms with E-state index in [0.29, 0.717) is 30.2 Å². The lowest BCUT2D eigenvalue weighted by Gasteiger charge is -2.15. The maximum Gasteiger partial charge on any atom is 0.224 e. The summed E-state index contributed by atoms with van der Waals surface area (Å²) in [4.78, 5) is 27.1. The Morgan fingerprint density at radius 1 is 1.00 bits per heavy atom. The molecule has 7 rings (SSSR count). The smallest absolute Gasteiger partial charge is 0.224 e. The number of aromatic amines is 2. The van der Waals surface area contributed by atoms with Crippen molar-refractivity contribution >= 4 is 33.4 Å². The average molecular weight is 618 g/mol. The minimum Gasteiger partial charge on any atom is -0.492 e. The third kappa shape index (κ3) is 6.34. The third-order valence-electron chi connectivity index (χ3n) is 8.50. The molecule has 0 saturated carbocycles. The van der Waals surface area contributed by atoms with Crippen LogP contribution in [-0.2, 0) is 4.79 Å². The number of hydrogen-bond acceptors (Lipinski definition) is 6. The quantitative estimate of drug-likeness (QED) is 0.138. The van der Waals surface area contributed by atoms with Gasteiger partial charge in [-0.1, -0.05) is 25.5 Å². The van der Waals surface area contributed by atoms with E-state index in [1.165, 1.54) is 18.9 Å². The van der Waals surface area contributed by atoms with E-state index < -0.39 is 0 Å². The van der Waals surface area contributed by atoms with Gasteiger partial charge in [-0.15, -0.1) is 0 Å². The Kier molecular flexibility index (Phi) is 8.43. The Bertz CT molecular complexity index is 2010. The molecule has 9 nitrogen and oxygen atoms in total. The van der Waals surface area contributed by atoms with Crippen LogP contribution in [0.15, 0.2) is 73.2 Å². The highest BCUT2D eigenvalue weighted by molar-refractivity contribution is 6.01.